The molecular weight excluding hydrogens is 318 g/mol. The summed E-state index contributed by atoms with van der Waals surface area (Å²) < 4.78 is 0. The van der Waals surface area contributed by atoms with E-state index in [-0.39, 0.29) is 11.7 Å². The zero-order valence-corrected chi connectivity index (χ0v) is 13.3. The van der Waals surface area contributed by atoms with E-state index in [0.717, 1.165) is 4.90 Å². The maximum atomic E-state index is 12.9. The monoisotopic (exact) mass is 331 g/mol. The molecule has 3 aromatic rings. The van der Waals surface area contributed by atoms with E-state index in [9.17, 15) is 14.4 Å². The van der Waals surface area contributed by atoms with Crippen LogP contribution in [0.4, 0.5) is 11.5 Å². The van der Waals surface area contributed by atoms with E-state index in [2.05, 4.69) is 10.3 Å². The van der Waals surface area contributed by atoms with Gasteiger partial charge in [0.25, 0.3) is 11.8 Å². The number of imide groups is 1. The number of anilines is 2. The summed E-state index contributed by atoms with van der Waals surface area (Å²) in [4.78, 5) is 42.5. The number of hydrogen-bond donors (Lipinski definition) is 1. The molecule has 0 spiro atoms. The number of rotatable bonds is 2. The second-order valence-corrected chi connectivity index (χ2v) is 5.70. The van der Waals surface area contributed by atoms with E-state index in [1.54, 1.807) is 48.5 Å². The Morgan fingerprint density at radius 1 is 0.960 bits per heavy atom. The van der Waals surface area contributed by atoms with E-state index in [4.69, 9.17) is 0 Å². The molecule has 1 aliphatic heterocycles. The molecular formula is C19H13N3O3. The van der Waals surface area contributed by atoms with Gasteiger partial charge in [0.15, 0.2) is 0 Å². The molecule has 0 radical (unpaired) electrons. The summed E-state index contributed by atoms with van der Waals surface area (Å²) in [5.74, 6) is -0.793. The van der Waals surface area contributed by atoms with Crippen LogP contribution in [-0.4, -0.2) is 22.7 Å². The number of pyridine rings is 1. The van der Waals surface area contributed by atoms with Crippen molar-refractivity contribution < 1.29 is 14.4 Å². The summed E-state index contributed by atoms with van der Waals surface area (Å²) in [5, 5.41) is 3.95. The molecule has 4 rings (SSSR count). The average Bonchev–Trinajstić information content (AvgIpc) is 2.61. The maximum Gasteiger partial charge on any atom is 0.267 e. The predicted octanol–water partition coefficient (Wildman–Crippen LogP) is 2.99. The van der Waals surface area contributed by atoms with Gasteiger partial charge in [-0.2, -0.15) is 0 Å². The molecule has 122 valence electrons. The third-order valence-corrected chi connectivity index (χ3v) is 4.10. The van der Waals surface area contributed by atoms with E-state index in [1.807, 2.05) is 0 Å². The van der Waals surface area contributed by atoms with Gasteiger partial charge in [0.1, 0.15) is 5.82 Å². The smallest absolute Gasteiger partial charge is 0.267 e. The first-order valence-corrected chi connectivity index (χ1v) is 7.71. The summed E-state index contributed by atoms with van der Waals surface area (Å²) in [6.45, 7) is 1.41. The molecule has 1 aliphatic rings. The number of amides is 3. The number of nitrogens with zero attached hydrogens (tertiary/aromatic N) is 2. The van der Waals surface area contributed by atoms with Crippen molar-refractivity contribution in [2.24, 2.45) is 0 Å². The SMILES string of the molecule is CC(=O)Nc1ccc2c3c(cccc13)C(=O)N(c1ccccn1)C2=O. The molecule has 1 aromatic heterocycles. The molecule has 0 bridgehead atoms. The molecule has 1 N–H and O–H groups in total. The van der Waals surface area contributed by atoms with Crippen LogP contribution in [0.25, 0.3) is 10.8 Å². The minimum atomic E-state index is -0.429. The minimum absolute atomic E-state index is 0.218. The summed E-state index contributed by atoms with van der Waals surface area (Å²) in [5.41, 5.74) is 1.38. The van der Waals surface area contributed by atoms with Crippen LogP contribution in [-0.2, 0) is 4.79 Å². The molecule has 3 amide bonds. The van der Waals surface area contributed by atoms with Gasteiger partial charge in [-0.1, -0.05) is 18.2 Å². The largest absolute Gasteiger partial charge is 0.326 e. The highest BCUT2D eigenvalue weighted by molar-refractivity contribution is 6.36. The van der Waals surface area contributed by atoms with Crippen molar-refractivity contribution in [3.8, 4) is 0 Å². The van der Waals surface area contributed by atoms with E-state index in [0.29, 0.717) is 27.6 Å². The van der Waals surface area contributed by atoms with Gasteiger partial charge >= 0.3 is 0 Å². The lowest BCUT2D eigenvalue weighted by Gasteiger charge is -2.27. The second kappa shape index (κ2) is 5.52. The van der Waals surface area contributed by atoms with Crippen molar-refractivity contribution in [2.75, 3.05) is 10.2 Å². The molecule has 0 saturated heterocycles. The van der Waals surface area contributed by atoms with Gasteiger partial charge in [-0.05, 0) is 30.3 Å². The molecule has 0 saturated carbocycles. The maximum absolute atomic E-state index is 12.9. The number of nitrogens with one attached hydrogen (secondary N) is 1. The molecule has 0 unspecified atom stereocenters. The first-order valence-electron chi connectivity index (χ1n) is 7.71. The third-order valence-electron chi connectivity index (χ3n) is 4.10. The Hall–Kier alpha value is -3.54. The summed E-state index contributed by atoms with van der Waals surface area (Å²) in [7, 11) is 0. The Morgan fingerprint density at radius 3 is 2.40 bits per heavy atom. The molecule has 0 aliphatic carbocycles. The number of carbonyl (C=O) groups excluding carboxylic acids is 3. The van der Waals surface area contributed by atoms with Crippen molar-refractivity contribution in [1.29, 1.82) is 0 Å². The molecule has 6 nitrogen and oxygen atoms in total. The zero-order chi connectivity index (χ0) is 17.6. The van der Waals surface area contributed by atoms with E-state index >= 15 is 0 Å². The van der Waals surface area contributed by atoms with Gasteiger partial charge < -0.3 is 5.32 Å². The first kappa shape index (κ1) is 15.0. The minimum Gasteiger partial charge on any atom is -0.326 e. The topological polar surface area (TPSA) is 79.4 Å². The summed E-state index contributed by atoms with van der Waals surface area (Å²) >= 11 is 0. The number of benzene rings is 2. The molecule has 6 heteroatoms. The van der Waals surface area contributed by atoms with Crippen LogP contribution in [0, 0.1) is 0 Å². The fourth-order valence-electron chi connectivity index (χ4n) is 3.09. The molecule has 2 aromatic carbocycles. The first-order chi connectivity index (χ1) is 12.1. The van der Waals surface area contributed by atoms with E-state index < -0.39 is 11.8 Å². The lowest BCUT2D eigenvalue weighted by Crippen LogP contribution is -2.41. The van der Waals surface area contributed by atoms with Crippen LogP contribution < -0.4 is 10.2 Å². The fourth-order valence-corrected chi connectivity index (χ4v) is 3.09. The van der Waals surface area contributed by atoms with Crippen LogP contribution in [0.5, 0.6) is 0 Å². The number of hydrogen-bond acceptors (Lipinski definition) is 4. The van der Waals surface area contributed by atoms with Crippen molar-refractivity contribution in [2.45, 2.75) is 6.92 Å². The highest BCUT2D eigenvalue weighted by atomic mass is 16.2. The standard InChI is InChI=1S/C19H13N3O3/c1-11(23)21-15-9-8-14-17-12(15)5-4-6-13(17)18(24)22(19(14)25)16-7-2-3-10-20-16/h2-10H,1H3,(H,21,23). The normalized spacial score (nSPS) is 13.2. The highest BCUT2D eigenvalue weighted by Crippen LogP contribution is 2.35. The van der Waals surface area contributed by atoms with Crippen LogP contribution >= 0.6 is 0 Å². The molecule has 0 fully saturated rings. The Labute approximate surface area is 143 Å². The predicted molar refractivity (Wildman–Crippen MR) is 93.6 cm³/mol. The van der Waals surface area contributed by atoms with Gasteiger partial charge in [0.05, 0.1) is 0 Å². The van der Waals surface area contributed by atoms with Gasteiger partial charge in [-0.25, -0.2) is 9.88 Å². The lowest BCUT2D eigenvalue weighted by atomic mass is 9.93. The number of carbonyl (C=O) groups is 3. The van der Waals surface area contributed by atoms with Gasteiger partial charge in [0.2, 0.25) is 5.91 Å². The van der Waals surface area contributed by atoms with Crippen LogP contribution in [0.3, 0.4) is 0 Å². The van der Waals surface area contributed by atoms with Gasteiger partial charge in [-0.3, -0.25) is 14.4 Å². The van der Waals surface area contributed by atoms with Gasteiger partial charge in [-0.15, -0.1) is 0 Å². The molecule has 0 atom stereocenters. The van der Waals surface area contributed by atoms with Crippen LogP contribution in [0.2, 0.25) is 0 Å². The third kappa shape index (κ3) is 2.27. The Bertz CT molecular complexity index is 1020. The lowest BCUT2D eigenvalue weighted by molar-refractivity contribution is -0.114. The number of aromatic nitrogens is 1. The molecule has 25 heavy (non-hydrogen) atoms. The summed E-state index contributed by atoms with van der Waals surface area (Å²) in [6, 6.07) is 13.5. The second-order valence-electron chi connectivity index (χ2n) is 5.70. The van der Waals surface area contributed by atoms with Crippen molar-refractivity contribution in [1.82, 2.24) is 4.98 Å². The van der Waals surface area contributed by atoms with Crippen LogP contribution in [0.15, 0.2) is 54.7 Å². The Balaban J connectivity index is 1.96. The van der Waals surface area contributed by atoms with E-state index in [1.165, 1.54) is 13.1 Å². The zero-order valence-electron chi connectivity index (χ0n) is 13.3. The molecule has 2 heterocycles. The average molecular weight is 331 g/mol. The fraction of sp³-hybridized carbons (Fsp3) is 0.0526. The van der Waals surface area contributed by atoms with Crippen molar-refractivity contribution in [3.63, 3.8) is 0 Å². The van der Waals surface area contributed by atoms with Crippen molar-refractivity contribution >= 4 is 40.0 Å². The Morgan fingerprint density at radius 2 is 1.72 bits per heavy atom. The highest BCUT2D eigenvalue weighted by Gasteiger charge is 2.35. The quantitative estimate of drug-likeness (QED) is 0.732. The summed E-state index contributed by atoms with van der Waals surface area (Å²) in [6.07, 6.45) is 1.53. The van der Waals surface area contributed by atoms with Gasteiger partial charge in [0, 0.05) is 40.7 Å². The Kier molecular flexibility index (Phi) is 3.32. The van der Waals surface area contributed by atoms with Crippen LogP contribution in [0.1, 0.15) is 27.6 Å². The van der Waals surface area contributed by atoms with Crippen molar-refractivity contribution in [3.05, 3.63) is 65.9 Å².